The standard InChI is InChI=1S/C13H16N2O2/c1-8-6-12(16-3)9(2)5-10(8)11-7-14-13(15-11)17-4/h5-7H,1-4H3,(H,14,15). The lowest BCUT2D eigenvalue weighted by molar-refractivity contribution is 0.384. The number of ether oxygens (including phenoxy) is 2. The summed E-state index contributed by atoms with van der Waals surface area (Å²) in [5.41, 5.74) is 4.30. The van der Waals surface area contributed by atoms with E-state index in [1.165, 1.54) is 0 Å². The van der Waals surface area contributed by atoms with Crippen LogP contribution < -0.4 is 9.47 Å². The number of aromatic nitrogens is 2. The number of methoxy groups -OCH3 is 2. The molecule has 0 aliphatic heterocycles. The van der Waals surface area contributed by atoms with Crippen molar-refractivity contribution >= 4 is 0 Å². The Morgan fingerprint density at radius 2 is 1.82 bits per heavy atom. The van der Waals surface area contributed by atoms with Crippen molar-refractivity contribution in [1.82, 2.24) is 9.97 Å². The Kier molecular flexibility index (Phi) is 3.04. The first-order chi connectivity index (χ1) is 8.15. The van der Waals surface area contributed by atoms with Crippen molar-refractivity contribution in [2.75, 3.05) is 14.2 Å². The van der Waals surface area contributed by atoms with E-state index in [-0.39, 0.29) is 0 Å². The lowest BCUT2D eigenvalue weighted by Crippen LogP contribution is -1.91. The molecule has 2 rings (SSSR count). The minimum absolute atomic E-state index is 0.521. The van der Waals surface area contributed by atoms with Crippen LogP contribution in [0.15, 0.2) is 18.3 Å². The third kappa shape index (κ3) is 2.11. The van der Waals surface area contributed by atoms with Crippen LogP contribution in [0.25, 0.3) is 11.3 Å². The summed E-state index contributed by atoms with van der Waals surface area (Å²) in [6.07, 6.45) is 1.77. The molecule has 0 aliphatic rings. The van der Waals surface area contributed by atoms with E-state index < -0.39 is 0 Å². The van der Waals surface area contributed by atoms with E-state index in [4.69, 9.17) is 9.47 Å². The summed E-state index contributed by atoms with van der Waals surface area (Å²) in [5, 5.41) is 0. The zero-order valence-corrected chi connectivity index (χ0v) is 10.5. The molecule has 0 fully saturated rings. The summed E-state index contributed by atoms with van der Waals surface area (Å²) in [6.45, 7) is 4.07. The van der Waals surface area contributed by atoms with Gasteiger partial charge in [0.1, 0.15) is 5.75 Å². The van der Waals surface area contributed by atoms with Gasteiger partial charge in [0.25, 0.3) is 6.01 Å². The third-order valence-corrected chi connectivity index (χ3v) is 2.78. The molecule has 0 bridgehead atoms. The maximum atomic E-state index is 5.29. The third-order valence-electron chi connectivity index (χ3n) is 2.78. The first-order valence-electron chi connectivity index (χ1n) is 5.40. The number of nitrogens with zero attached hydrogens (tertiary/aromatic N) is 1. The number of aromatic amines is 1. The quantitative estimate of drug-likeness (QED) is 0.885. The zero-order valence-electron chi connectivity index (χ0n) is 10.5. The molecule has 0 radical (unpaired) electrons. The Bertz CT molecular complexity index is 532. The smallest absolute Gasteiger partial charge is 0.293 e. The molecule has 1 aromatic carbocycles. The van der Waals surface area contributed by atoms with E-state index in [1.54, 1.807) is 20.4 Å². The van der Waals surface area contributed by atoms with Gasteiger partial charge >= 0.3 is 0 Å². The van der Waals surface area contributed by atoms with E-state index >= 15 is 0 Å². The van der Waals surface area contributed by atoms with E-state index in [2.05, 4.69) is 16.0 Å². The van der Waals surface area contributed by atoms with Crippen LogP contribution in [0, 0.1) is 13.8 Å². The highest BCUT2D eigenvalue weighted by Gasteiger charge is 2.09. The second-order valence-electron chi connectivity index (χ2n) is 3.94. The van der Waals surface area contributed by atoms with Crippen molar-refractivity contribution in [3.8, 4) is 23.0 Å². The highest BCUT2D eigenvalue weighted by molar-refractivity contribution is 5.66. The Hall–Kier alpha value is -1.97. The topological polar surface area (TPSA) is 47.1 Å². The van der Waals surface area contributed by atoms with Crippen LogP contribution in [0.4, 0.5) is 0 Å². The Balaban J connectivity index is 2.48. The minimum Gasteiger partial charge on any atom is -0.496 e. The highest BCUT2D eigenvalue weighted by atomic mass is 16.5. The van der Waals surface area contributed by atoms with Gasteiger partial charge in [-0.1, -0.05) is 0 Å². The number of hydrogen-bond donors (Lipinski definition) is 1. The molecule has 0 unspecified atom stereocenters. The van der Waals surface area contributed by atoms with Crippen molar-refractivity contribution in [3.05, 3.63) is 29.5 Å². The lowest BCUT2D eigenvalue weighted by atomic mass is 10.0. The average molecular weight is 232 g/mol. The zero-order chi connectivity index (χ0) is 12.4. The summed E-state index contributed by atoms with van der Waals surface area (Å²) >= 11 is 0. The van der Waals surface area contributed by atoms with Gasteiger partial charge in [-0.25, -0.2) is 4.98 Å². The Labute approximate surface area is 101 Å². The maximum absolute atomic E-state index is 5.29. The van der Waals surface area contributed by atoms with Crippen LogP contribution >= 0.6 is 0 Å². The van der Waals surface area contributed by atoms with Gasteiger partial charge in [-0.15, -0.1) is 0 Å². The maximum Gasteiger partial charge on any atom is 0.293 e. The molecule has 0 spiro atoms. The molecule has 0 saturated heterocycles. The summed E-state index contributed by atoms with van der Waals surface area (Å²) < 4.78 is 10.3. The van der Waals surface area contributed by atoms with E-state index in [0.717, 1.165) is 28.1 Å². The number of hydrogen-bond acceptors (Lipinski definition) is 3. The molecule has 0 atom stereocenters. The summed E-state index contributed by atoms with van der Waals surface area (Å²) in [6, 6.07) is 4.63. The van der Waals surface area contributed by atoms with Crippen molar-refractivity contribution in [2.24, 2.45) is 0 Å². The van der Waals surface area contributed by atoms with E-state index in [9.17, 15) is 0 Å². The molecule has 4 heteroatoms. The van der Waals surface area contributed by atoms with Gasteiger partial charge in [0, 0.05) is 5.56 Å². The average Bonchev–Trinajstić information content (AvgIpc) is 2.80. The fraction of sp³-hybridized carbons (Fsp3) is 0.308. The van der Waals surface area contributed by atoms with Gasteiger partial charge in [0.15, 0.2) is 0 Å². The molecule has 1 N–H and O–H groups in total. The van der Waals surface area contributed by atoms with Gasteiger partial charge in [-0.2, -0.15) is 0 Å². The molecular weight excluding hydrogens is 216 g/mol. The predicted molar refractivity (Wildman–Crippen MR) is 66.6 cm³/mol. The Morgan fingerprint density at radius 1 is 1.06 bits per heavy atom. The van der Waals surface area contributed by atoms with Crippen LogP contribution in [0.3, 0.4) is 0 Å². The first-order valence-corrected chi connectivity index (χ1v) is 5.40. The number of imidazole rings is 1. The van der Waals surface area contributed by atoms with Gasteiger partial charge in [-0.05, 0) is 37.1 Å². The summed E-state index contributed by atoms with van der Waals surface area (Å²) in [4.78, 5) is 7.23. The molecule has 0 amide bonds. The Morgan fingerprint density at radius 3 is 2.41 bits per heavy atom. The molecule has 2 aromatic rings. The van der Waals surface area contributed by atoms with Gasteiger partial charge in [0.2, 0.25) is 0 Å². The fourth-order valence-electron chi connectivity index (χ4n) is 1.84. The molecule has 90 valence electrons. The minimum atomic E-state index is 0.521. The highest BCUT2D eigenvalue weighted by Crippen LogP contribution is 2.29. The SMILES string of the molecule is COc1ncc(-c2cc(C)c(OC)cc2C)[nH]1. The second-order valence-corrected chi connectivity index (χ2v) is 3.94. The van der Waals surface area contributed by atoms with Crippen molar-refractivity contribution in [1.29, 1.82) is 0 Å². The molecule has 4 nitrogen and oxygen atoms in total. The van der Waals surface area contributed by atoms with Crippen LogP contribution in [0.2, 0.25) is 0 Å². The van der Waals surface area contributed by atoms with Crippen LogP contribution in [-0.2, 0) is 0 Å². The van der Waals surface area contributed by atoms with Crippen molar-refractivity contribution in [2.45, 2.75) is 13.8 Å². The number of rotatable bonds is 3. The van der Waals surface area contributed by atoms with E-state index in [1.807, 2.05) is 19.9 Å². The monoisotopic (exact) mass is 232 g/mol. The van der Waals surface area contributed by atoms with Gasteiger partial charge < -0.3 is 14.5 Å². The molecule has 1 aromatic heterocycles. The van der Waals surface area contributed by atoms with Crippen molar-refractivity contribution in [3.63, 3.8) is 0 Å². The van der Waals surface area contributed by atoms with Crippen LogP contribution in [0.5, 0.6) is 11.8 Å². The summed E-state index contributed by atoms with van der Waals surface area (Å²) in [7, 11) is 3.27. The van der Waals surface area contributed by atoms with E-state index in [0.29, 0.717) is 6.01 Å². The molecule has 0 aliphatic carbocycles. The summed E-state index contributed by atoms with van der Waals surface area (Å²) in [5.74, 6) is 0.901. The van der Waals surface area contributed by atoms with Crippen LogP contribution in [0.1, 0.15) is 11.1 Å². The molecule has 1 heterocycles. The largest absolute Gasteiger partial charge is 0.496 e. The lowest BCUT2D eigenvalue weighted by Gasteiger charge is -2.09. The first kappa shape index (κ1) is 11.5. The predicted octanol–water partition coefficient (Wildman–Crippen LogP) is 2.71. The second kappa shape index (κ2) is 4.49. The fourth-order valence-corrected chi connectivity index (χ4v) is 1.84. The number of H-pyrrole nitrogens is 1. The number of aryl methyl sites for hydroxylation is 2. The number of nitrogens with one attached hydrogen (secondary N) is 1. The van der Waals surface area contributed by atoms with Crippen molar-refractivity contribution < 1.29 is 9.47 Å². The normalized spacial score (nSPS) is 10.4. The molecule has 17 heavy (non-hydrogen) atoms. The van der Waals surface area contributed by atoms with Gasteiger partial charge in [0.05, 0.1) is 26.1 Å². The number of benzene rings is 1. The van der Waals surface area contributed by atoms with Gasteiger partial charge in [-0.3, -0.25) is 0 Å². The molecule has 0 saturated carbocycles. The molecular formula is C13H16N2O2. The van der Waals surface area contributed by atoms with Crippen LogP contribution in [-0.4, -0.2) is 24.2 Å².